The molecule has 2 aromatic rings. The van der Waals surface area contributed by atoms with E-state index in [1.54, 1.807) is 37.6 Å². The number of amides is 2. The zero-order valence-corrected chi connectivity index (χ0v) is 9.27. The highest BCUT2D eigenvalue weighted by atomic mass is 19.1. The molecule has 0 saturated carbocycles. The van der Waals surface area contributed by atoms with E-state index >= 15 is 0 Å². The smallest absolute Gasteiger partial charge is 0.326 e. The first-order valence-corrected chi connectivity index (χ1v) is 5.10. The molecule has 4 nitrogen and oxygen atoms in total. The maximum absolute atomic E-state index is 13.3. The lowest BCUT2D eigenvalue weighted by molar-refractivity contribution is 0.258. The second-order valence-corrected chi connectivity index (χ2v) is 3.54. The molecule has 5 heteroatoms. The third-order valence-corrected chi connectivity index (χ3v) is 2.39. The van der Waals surface area contributed by atoms with E-state index in [-0.39, 0.29) is 5.69 Å². The number of anilines is 2. The Bertz CT molecular complexity index is 510. The monoisotopic (exact) mass is 233 g/mol. The summed E-state index contributed by atoms with van der Waals surface area (Å²) in [7, 11) is 1.61. The predicted octanol–water partition coefficient (Wildman–Crippen LogP) is 2.82. The van der Waals surface area contributed by atoms with Crippen molar-refractivity contribution in [1.82, 2.24) is 4.98 Å². The Balaban J connectivity index is 2.10. The van der Waals surface area contributed by atoms with Crippen molar-refractivity contribution in [2.45, 2.75) is 0 Å². The highest BCUT2D eigenvalue weighted by Crippen LogP contribution is 2.15. The maximum Gasteiger partial charge on any atom is 0.326 e. The Kier molecular flexibility index (Phi) is 3.09. The van der Waals surface area contributed by atoms with Crippen molar-refractivity contribution in [3.63, 3.8) is 0 Å². The first-order chi connectivity index (χ1) is 8.18. The molecule has 2 rings (SSSR count). The van der Waals surface area contributed by atoms with E-state index in [0.717, 1.165) is 0 Å². The van der Waals surface area contributed by atoms with Crippen LogP contribution in [0.4, 0.5) is 20.6 Å². The van der Waals surface area contributed by atoms with Crippen LogP contribution in [-0.4, -0.2) is 18.1 Å². The van der Waals surface area contributed by atoms with Gasteiger partial charge in [0, 0.05) is 19.4 Å². The number of benzene rings is 1. The highest BCUT2D eigenvalue weighted by molar-refractivity contribution is 6.01. The Labute approximate surface area is 98.1 Å². The van der Waals surface area contributed by atoms with Crippen molar-refractivity contribution in [2.75, 3.05) is 17.3 Å². The minimum Gasteiger partial charge on any atom is -0.366 e. The van der Waals surface area contributed by atoms with Crippen LogP contribution in [0.1, 0.15) is 0 Å². The second-order valence-electron chi connectivity index (χ2n) is 3.54. The molecule has 0 aliphatic carbocycles. The lowest BCUT2D eigenvalue weighted by Crippen LogP contribution is -2.31. The number of urea groups is 1. The van der Waals surface area contributed by atoms with E-state index in [4.69, 9.17) is 0 Å². The van der Waals surface area contributed by atoms with Gasteiger partial charge in [-0.1, -0.05) is 12.1 Å². The number of carbonyl (C=O) groups is 1. The molecule has 0 atom stereocenters. The van der Waals surface area contributed by atoms with Gasteiger partial charge in [0.25, 0.3) is 0 Å². The summed E-state index contributed by atoms with van der Waals surface area (Å²) in [5, 5.41) is 2.50. The molecule has 0 spiro atoms. The fraction of sp³-hybridized carbons (Fsp3) is 0.0833. The van der Waals surface area contributed by atoms with Crippen LogP contribution in [0, 0.1) is 5.82 Å². The summed E-state index contributed by atoms with van der Waals surface area (Å²) in [6, 6.07) is 7.40. The molecule has 1 heterocycles. The van der Waals surface area contributed by atoms with Crippen molar-refractivity contribution in [1.29, 1.82) is 0 Å². The maximum atomic E-state index is 13.3. The number of para-hydroxylation sites is 1. The molecule has 0 fully saturated rings. The van der Waals surface area contributed by atoms with Crippen LogP contribution in [0.3, 0.4) is 0 Å². The van der Waals surface area contributed by atoms with Crippen LogP contribution in [0.15, 0.2) is 42.7 Å². The summed E-state index contributed by atoms with van der Waals surface area (Å²) >= 11 is 0. The average Bonchev–Trinajstić information content (AvgIpc) is 2.84. The SMILES string of the molecule is CN(C(=O)Nc1ccccc1F)c1cc[nH]c1. The summed E-state index contributed by atoms with van der Waals surface area (Å²) in [5.41, 5.74) is 0.874. The van der Waals surface area contributed by atoms with Gasteiger partial charge in [0.1, 0.15) is 5.82 Å². The summed E-state index contributed by atoms with van der Waals surface area (Å²) < 4.78 is 13.3. The largest absolute Gasteiger partial charge is 0.366 e. The Morgan fingerprint density at radius 2 is 2.12 bits per heavy atom. The molecule has 0 radical (unpaired) electrons. The van der Waals surface area contributed by atoms with Crippen molar-refractivity contribution in [3.8, 4) is 0 Å². The lowest BCUT2D eigenvalue weighted by Gasteiger charge is -2.16. The van der Waals surface area contributed by atoms with E-state index < -0.39 is 11.8 Å². The van der Waals surface area contributed by atoms with Crippen molar-refractivity contribution in [3.05, 3.63) is 48.5 Å². The van der Waals surface area contributed by atoms with Gasteiger partial charge in [-0.2, -0.15) is 0 Å². The summed E-state index contributed by atoms with van der Waals surface area (Å²) in [4.78, 5) is 16.0. The van der Waals surface area contributed by atoms with Gasteiger partial charge >= 0.3 is 6.03 Å². The summed E-state index contributed by atoms with van der Waals surface area (Å²) in [5.74, 6) is -0.455. The van der Waals surface area contributed by atoms with Crippen molar-refractivity contribution in [2.24, 2.45) is 0 Å². The molecule has 2 N–H and O–H groups in total. The van der Waals surface area contributed by atoms with Gasteiger partial charge in [-0.15, -0.1) is 0 Å². The van der Waals surface area contributed by atoms with E-state index in [9.17, 15) is 9.18 Å². The fourth-order valence-corrected chi connectivity index (χ4v) is 1.40. The summed E-state index contributed by atoms with van der Waals surface area (Å²) in [6.45, 7) is 0. The van der Waals surface area contributed by atoms with Crippen LogP contribution in [-0.2, 0) is 0 Å². The van der Waals surface area contributed by atoms with Crippen LogP contribution in [0.25, 0.3) is 0 Å². The molecule has 2 amide bonds. The third-order valence-electron chi connectivity index (χ3n) is 2.39. The van der Waals surface area contributed by atoms with Gasteiger partial charge in [-0.3, -0.25) is 4.90 Å². The number of hydrogen-bond donors (Lipinski definition) is 2. The molecule has 0 unspecified atom stereocenters. The van der Waals surface area contributed by atoms with Crippen LogP contribution < -0.4 is 10.2 Å². The van der Waals surface area contributed by atoms with Gasteiger partial charge in [-0.25, -0.2) is 9.18 Å². The number of rotatable bonds is 2. The molecule has 0 aliphatic rings. The van der Waals surface area contributed by atoms with E-state index in [0.29, 0.717) is 5.69 Å². The molecule has 0 aliphatic heterocycles. The molecule has 17 heavy (non-hydrogen) atoms. The van der Waals surface area contributed by atoms with Crippen LogP contribution in [0.5, 0.6) is 0 Å². The number of aromatic amines is 1. The van der Waals surface area contributed by atoms with Gasteiger partial charge < -0.3 is 10.3 Å². The van der Waals surface area contributed by atoms with Crippen LogP contribution in [0.2, 0.25) is 0 Å². The molecule has 1 aromatic carbocycles. The number of nitrogens with one attached hydrogen (secondary N) is 2. The number of H-pyrrole nitrogens is 1. The van der Waals surface area contributed by atoms with Crippen molar-refractivity contribution < 1.29 is 9.18 Å². The minimum atomic E-state index is -0.455. The Morgan fingerprint density at radius 3 is 2.76 bits per heavy atom. The first-order valence-electron chi connectivity index (χ1n) is 5.10. The molecule has 0 bridgehead atoms. The predicted molar refractivity (Wildman–Crippen MR) is 64.6 cm³/mol. The number of carbonyl (C=O) groups excluding carboxylic acids is 1. The number of nitrogens with zero attached hydrogens (tertiary/aromatic N) is 1. The topological polar surface area (TPSA) is 48.1 Å². The molecular weight excluding hydrogens is 221 g/mol. The Hall–Kier alpha value is -2.30. The average molecular weight is 233 g/mol. The lowest BCUT2D eigenvalue weighted by atomic mass is 10.3. The quantitative estimate of drug-likeness (QED) is 0.823. The zero-order valence-electron chi connectivity index (χ0n) is 9.27. The van der Waals surface area contributed by atoms with Gasteiger partial charge in [0.2, 0.25) is 0 Å². The highest BCUT2D eigenvalue weighted by Gasteiger charge is 2.12. The standard InChI is InChI=1S/C12H12FN3O/c1-16(9-6-7-14-8-9)12(17)15-11-5-3-2-4-10(11)13/h2-8,14H,1H3,(H,15,17). The number of hydrogen-bond acceptors (Lipinski definition) is 1. The fourth-order valence-electron chi connectivity index (χ4n) is 1.40. The van der Waals surface area contributed by atoms with Gasteiger partial charge in [-0.05, 0) is 18.2 Å². The number of halogens is 1. The molecule has 0 saturated heterocycles. The van der Waals surface area contributed by atoms with E-state index in [2.05, 4.69) is 10.3 Å². The molecular formula is C12H12FN3O. The van der Waals surface area contributed by atoms with Gasteiger partial charge in [0.15, 0.2) is 0 Å². The van der Waals surface area contributed by atoms with Crippen molar-refractivity contribution >= 4 is 17.4 Å². The first kappa shape index (κ1) is 11.2. The normalized spacial score (nSPS) is 10.0. The molecule has 1 aromatic heterocycles. The number of aromatic nitrogens is 1. The molecule has 88 valence electrons. The van der Waals surface area contributed by atoms with Crippen LogP contribution >= 0.6 is 0 Å². The third kappa shape index (κ3) is 2.44. The Morgan fingerprint density at radius 1 is 1.35 bits per heavy atom. The van der Waals surface area contributed by atoms with E-state index in [1.165, 1.54) is 17.0 Å². The second kappa shape index (κ2) is 4.69. The van der Waals surface area contributed by atoms with E-state index in [1.807, 2.05) is 0 Å². The summed E-state index contributed by atoms with van der Waals surface area (Å²) in [6.07, 6.45) is 3.39. The minimum absolute atomic E-state index is 0.167. The van der Waals surface area contributed by atoms with Gasteiger partial charge in [0.05, 0.1) is 11.4 Å². The zero-order chi connectivity index (χ0) is 12.3.